The summed E-state index contributed by atoms with van der Waals surface area (Å²) in [4.78, 5) is 43.8. The van der Waals surface area contributed by atoms with Crippen LogP contribution in [-0.2, 0) is 29.1 Å². The van der Waals surface area contributed by atoms with Crippen LogP contribution in [0.25, 0.3) is 0 Å². The summed E-state index contributed by atoms with van der Waals surface area (Å²) in [6.45, 7) is 5.18. The van der Waals surface area contributed by atoms with Crippen LogP contribution in [0.1, 0.15) is 26.7 Å². The van der Waals surface area contributed by atoms with E-state index in [0.717, 1.165) is 0 Å². The zero-order valence-corrected chi connectivity index (χ0v) is 18.6. The number of sulfonamides is 1. The smallest absolute Gasteiger partial charge is 0.309 e. The fourth-order valence-corrected chi connectivity index (χ4v) is 5.23. The molecule has 1 unspecified atom stereocenters. The zero-order chi connectivity index (χ0) is 22.6. The van der Waals surface area contributed by atoms with Crippen molar-refractivity contribution in [3.63, 3.8) is 0 Å². The fraction of sp³-hybridized carbons (Fsp3) is 0.600. The molecule has 2 fully saturated rings. The Morgan fingerprint density at radius 1 is 1.06 bits per heavy atom. The molecule has 1 aromatic heterocycles. The molecular weight excluding hydrogens is 424 g/mol. The maximum atomic E-state index is 12.7. The fourth-order valence-electron chi connectivity index (χ4n) is 3.80. The summed E-state index contributed by atoms with van der Waals surface area (Å²) in [5, 5.41) is 0. The third-order valence-corrected chi connectivity index (χ3v) is 7.62. The molecule has 2 aliphatic heterocycles. The van der Waals surface area contributed by atoms with Crippen LogP contribution >= 0.6 is 0 Å². The number of ether oxygens (including phenoxy) is 1. The average Bonchev–Trinajstić information content (AvgIpc) is 2.79. The van der Waals surface area contributed by atoms with E-state index >= 15 is 0 Å². The van der Waals surface area contributed by atoms with E-state index in [1.54, 1.807) is 22.8 Å². The Morgan fingerprint density at radius 3 is 2.23 bits per heavy atom. The van der Waals surface area contributed by atoms with Gasteiger partial charge in [-0.15, -0.1) is 0 Å². The lowest BCUT2D eigenvalue weighted by Crippen LogP contribution is -2.52. The molecule has 0 saturated carbocycles. The quantitative estimate of drug-likeness (QED) is 0.582. The average molecular weight is 453 g/mol. The maximum absolute atomic E-state index is 12.7. The largest absolute Gasteiger partial charge is 0.452 e. The molecule has 3 heterocycles. The summed E-state index contributed by atoms with van der Waals surface area (Å²) in [7, 11) is -3.64. The molecule has 31 heavy (non-hydrogen) atoms. The number of piperidine rings is 1. The van der Waals surface area contributed by atoms with Crippen molar-refractivity contribution in [2.24, 2.45) is 5.92 Å². The molecule has 2 amide bonds. The van der Waals surface area contributed by atoms with Gasteiger partial charge in [0.05, 0.1) is 5.92 Å². The van der Waals surface area contributed by atoms with Gasteiger partial charge in [0.1, 0.15) is 4.90 Å². The Hall–Kier alpha value is -2.53. The first-order valence-corrected chi connectivity index (χ1v) is 11.8. The SMILES string of the molecule is CC(=O)N1CCN(C(=O)C(C)OC(=O)C2CCN(S(=O)(=O)c3cccnc3)CC2)CC1. The first kappa shape index (κ1) is 23.1. The molecule has 2 aliphatic rings. The second kappa shape index (κ2) is 9.73. The van der Waals surface area contributed by atoms with Crippen molar-refractivity contribution in [2.75, 3.05) is 39.3 Å². The molecule has 3 rings (SSSR count). The number of hydrogen-bond acceptors (Lipinski definition) is 7. The van der Waals surface area contributed by atoms with Gasteiger partial charge in [0.25, 0.3) is 5.91 Å². The monoisotopic (exact) mass is 452 g/mol. The number of esters is 1. The molecule has 0 aromatic carbocycles. The van der Waals surface area contributed by atoms with E-state index < -0.39 is 28.0 Å². The summed E-state index contributed by atoms with van der Waals surface area (Å²) in [6, 6.07) is 3.06. The number of pyridine rings is 1. The molecular formula is C20H28N4O6S. The van der Waals surface area contributed by atoms with Gasteiger partial charge in [0.15, 0.2) is 6.10 Å². The van der Waals surface area contributed by atoms with Crippen molar-refractivity contribution in [1.29, 1.82) is 0 Å². The van der Waals surface area contributed by atoms with Gasteiger partial charge in [-0.05, 0) is 31.9 Å². The third-order valence-electron chi connectivity index (χ3n) is 5.74. The Bertz CT molecular complexity index is 907. The number of rotatable bonds is 5. The standard InChI is InChI=1S/C20H28N4O6S/c1-15(19(26)23-12-10-22(11-13-23)16(2)25)30-20(27)17-5-8-24(9-6-17)31(28,29)18-4-3-7-21-14-18/h3-4,7,14-15,17H,5-6,8-13H2,1-2H3. The number of carbonyl (C=O) groups excluding carboxylic acids is 3. The molecule has 1 atom stereocenters. The minimum absolute atomic E-state index is 0.0246. The van der Waals surface area contributed by atoms with Crippen LogP contribution in [0.4, 0.5) is 0 Å². The lowest BCUT2D eigenvalue weighted by Gasteiger charge is -2.35. The van der Waals surface area contributed by atoms with Crippen molar-refractivity contribution < 1.29 is 27.5 Å². The van der Waals surface area contributed by atoms with Crippen molar-refractivity contribution in [3.8, 4) is 0 Å². The van der Waals surface area contributed by atoms with Gasteiger partial charge in [-0.3, -0.25) is 19.4 Å². The normalized spacial score (nSPS) is 19.7. The highest BCUT2D eigenvalue weighted by molar-refractivity contribution is 7.89. The third kappa shape index (κ3) is 5.40. The number of aromatic nitrogens is 1. The Kier molecular flexibility index (Phi) is 7.26. The maximum Gasteiger partial charge on any atom is 0.309 e. The van der Waals surface area contributed by atoms with Crippen LogP contribution in [0.5, 0.6) is 0 Å². The Balaban J connectivity index is 1.48. The van der Waals surface area contributed by atoms with Gasteiger partial charge >= 0.3 is 5.97 Å². The van der Waals surface area contributed by atoms with Gasteiger partial charge in [0.2, 0.25) is 15.9 Å². The summed E-state index contributed by atoms with van der Waals surface area (Å²) in [6.07, 6.45) is 2.55. The number of hydrogen-bond donors (Lipinski definition) is 0. The van der Waals surface area contributed by atoms with E-state index in [1.165, 1.54) is 29.7 Å². The molecule has 170 valence electrons. The van der Waals surface area contributed by atoms with E-state index in [9.17, 15) is 22.8 Å². The van der Waals surface area contributed by atoms with E-state index in [2.05, 4.69) is 4.98 Å². The number of carbonyl (C=O) groups is 3. The minimum Gasteiger partial charge on any atom is -0.452 e. The summed E-state index contributed by atoms with van der Waals surface area (Å²) < 4.78 is 32.1. The lowest BCUT2D eigenvalue weighted by atomic mass is 9.98. The van der Waals surface area contributed by atoms with Crippen LogP contribution in [0.3, 0.4) is 0 Å². The predicted octanol–water partition coefficient (Wildman–Crippen LogP) is 0.105. The molecule has 10 nitrogen and oxygen atoms in total. The van der Waals surface area contributed by atoms with Crippen LogP contribution in [0, 0.1) is 5.92 Å². The van der Waals surface area contributed by atoms with Crippen LogP contribution in [0.15, 0.2) is 29.4 Å². The molecule has 0 bridgehead atoms. The molecule has 1 aromatic rings. The van der Waals surface area contributed by atoms with Gasteiger partial charge in [-0.1, -0.05) is 0 Å². The number of amides is 2. The molecule has 0 spiro atoms. The second-order valence-electron chi connectivity index (χ2n) is 7.78. The summed E-state index contributed by atoms with van der Waals surface area (Å²) >= 11 is 0. The second-order valence-corrected chi connectivity index (χ2v) is 9.72. The highest BCUT2D eigenvalue weighted by atomic mass is 32.2. The summed E-state index contributed by atoms with van der Waals surface area (Å²) in [5.41, 5.74) is 0. The van der Waals surface area contributed by atoms with E-state index in [1.807, 2.05) is 0 Å². The molecule has 0 N–H and O–H groups in total. The van der Waals surface area contributed by atoms with Gasteiger partial charge < -0.3 is 14.5 Å². The molecule has 0 radical (unpaired) electrons. The van der Waals surface area contributed by atoms with Crippen LogP contribution in [-0.4, -0.2) is 90.7 Å². The van der Waals surface area contributed by atoms with E-state index in [4.69, 9.17) is 4.74 Å². The van der Waals surface area contributed by atoms with Crippen molar-refractivity contribution >= 4 is 27.8 Å². The van der Waals surface area contributed by atoms with E-state index in [-0.39, 0.29) is 29.8 Å². The Morgan fingerprint density at radius 2 is 1.68 bits per heavy atom. The van der Waals surface area contributed by atoms with E-state index in [0.29, 0.717) is 39.0 Å². The van der Waals surface area contributed by atoms with Crippen molar-refractivity contribution in [1.82, 2.24) is 19.1 Å². The number of piperazine rings is 1. The van der Waals surface area contributed by atoms with Crippen molar-refractivity contribution in [2.45, 2.75) is 37.7 Å². The first-order chi connectivity index (χ1) is 14.7. The van der Waals surface area contributed by atoms with Crippen LogP contribution < -0.4 is 0 Å². The van der Waals surface area contributed by atoms with Gasteiger partial charge in [-0.2, -0.15) is 4.31 Å². The van der Waals surface area contributed by atoms with Crippen molar-refractivity contribution in [3.05, 3.63) is 24.5 Å². The summed E-state index contributed by atoms with van der Waals surface area (Å²) in [5.74, 6) is -1.25. The molecule has 0 aliphatic carbocycles. The predicted molar refractivity (Wildman–Crippen MR) is 110 cm³/mol. The number of nitrogens with zero attached hydrogens (tertiary/aromatic N) is 4. The topological polar surface area (TPSA) is 117 Å². The first-order valence-electron chi connectivity index (χ1n) is 10.3. The highest BCUT2D eigenvalue weighted by Crippen LogP contribution is 2.24. The van der Waals surface area contributed by atoms with Gasteiger partial charge in [-0.25, -0.2) is 8.42 Å². The lowest BCUT2D eigenvalue weighted by molar-refractivity contribution is -0.164. The minimum atomic E-state index is -3.64. The van der Waals surface area contributed by atoms with Crippen LogP contribution in [0.2, 0.25) is 0 Å². The zero-order valence-electron chi connectivity index (χ0n) is 17.8. The highest BCUT2D eigenvalue weighted by Gasteiger charge is 2.35. The molecule has 2 saturated heterocycles. The molecule has 11 heteroatoms. The van der Waals surface area contributed by atoms with Gasteiger partial charge in [0, 0.05) is 58.6 Å². The Labute approximate surface area is 182 Å².